The van der Waals surface area contributed by atoms with Crippen molar-refractivity contribution >= 4 is 5.97 Å². The zero-order valence-electron chi connectivity index (χ0n) is 10.5. The number of rotatable bonds is 4. The highest BCUT2D eigenvalue weighted by Gasteiger charge is 2.28. The molecule has 94 valence electrons. The van der Waals surface area contributed by atoms with E-state index in [1.807, 2.05) is 18.2 Å². The maximum atomic E-state index is 10.9. The fraction of sp³-hybridized carbons (Fsp3) is 0.118. The van der Waals surface area contributed by atoms with Crippen LogP contribution < -0.4 is 0 Å². The SMILES string of the molecule is C=C(CC1c2ccc(-c3ccccc3)c1c2)C(=O)O. The van der Waals surface area contributed by atoms with Gasteiger partial charge in [0.25, 0.3) is 0 Å². The minimum absolute atomic E-state index is 0.198. The summed E-state index contributed by atoms with van der Waals surface area (Å²) in [4.78, 5) is 10.9. The van der Waals surface area contributed by atoms with Crippen molar-refractivity contribution in [3.05, 3.63) is 71.8 Å². The van der Waals surface area contributed by atoms with Crippen LogP contribution >= 0.6 is 0 Å². The molecule has 2 nitrogen and oxygen atoms in total. The first-order chi connectivity index (χ1) is 9.16. The second kappa shape index (κ2) is 4.39. The van der Waals surface area contributed by atoms with Gasteiger partial charge in [-0.15, -0.1) is 0 Å². The maximum Gasteiger partial charge on any atom is 0.330 e. The van der Waals surface area contributed by atoms with Crippen molar-refractivity contribution in [2.75, 3.05) is 0 Å². The Hall–Kier alpha value is -2.35. The summed E-state index contributed by atoms with van der Waals surface area (Å²) in [6.45, 7) is 3.63. The maximum absolute atomic E-state index is 10.9. The second-order valence-corrected chi connectivity index (χ2v) is 4.88. The van der Waals surface area contributed by atoms with Crippen LogP contribution in [-0.4, -0.2) is 11.1 Å². The zero-order chi connectivity index (χ0) is 13.4. The monoisotopic (exact) mass is 250 g/mol. The molecule has 2 bridgehead atoms. The summed E-state index contributed by atoms with van der Waals surface area (Å²) in [6.07, 6.45) is 0.497. The minimum Gasteiger partial charge on any atom is -0.478 e. The average molecular weight is 250 g/mol. The van der Waals surface area contributed by atoms with E-state index in [-0.39, 0.29) is 11.5 Å². The topological polar surface area (TPSA) is 37.3 Å². The number of hydrogen-bond acceptors (Lipinski definition) is 1. The number of aliphatic carboxylic acids is 1. The van der Waals surface area contributed by atoms with Crippen molar-refractivity contribution in [3.63, 3.8) is 0 Å². The summed E-state index contributed by atoms with van der Waals surface area (Å²) in [5.74, 6) is -0.708. The van der Waals surface area contributed by atoms with Crippen LogP contribution in [0.15, 0.2) is 60.7 Å². The molecule has 19 heavy (non-hydrogen) atoms. The Morgan fingerprint density at radius 2 is 1.89 bits per heavy atom. The normalized spacial score (nSPS) is 15.7. The molecule has 0 saturated carbocycles. The largest absolute Gasteiger partial charge is 0.478 e. The van der Waals surface area contributed by atoms with E-state index < -0.39 is 5.97 Å². The molecule has 2 aromatic rings. The van der Waals surface area contributed by atoms with Crippen LogP contribution in [0.1, 0.15) is 23.5 Å². The van der Waals surface area contributed by atoms with Gasteiger partial charge in [0.15, 0.2) is 0 Å². The molecule has 0 radical (unpaired) electrons. The van der Waals surface area contributed by atoms with Gasteiger partial charge in [-0.3, -0.25) is 0 Å². The van der Waals surface area contributed by atoms with Crippen LogP contribution in [0, 0.1) is 0 Å². The Balaban J connectivity index is 1.91. The summed E-state index contributed by atoms with van der Waals surface area (Å²) in [7, 11) is 0. The molecule has 1 atom stereocenters. The lowest BCUT2D eigenvalue weighted by atomic mass is 9.73. The Kier molecular flexibility index (Phi) is 2.71. The molecule has 0 fully saturated rings. The molecule has 0 amide bonds. The van der Waals surface area contributed by atoms with E-state index in [0.29, 0.717) is 6.42 Å². The first-order valence-corrected chi connectivity index (χ1v) is 6.27. The molecule has 2 aromatic carbocycles. The molecule has 0 aromatic heterocycles. The molecule has 0 aliphatic heterocycles. The van der Waals surface area contributed by atoms with Crippen LogP contribution in [0.2, 0.25) is 0 Å². The number of carboxylic acids is 1. The highest BCUT2D eigenvalue weighted by atomic mass is 16.4. The van der Waals surface area contributed by atoms with Crippen LogP contribution in [0.3, 0.4) is 0 Å². The van der Waals surface area contributed by atoms with Crippen molar-refractivity contribution in [2.24, 2.45) is 0 Å². The van der Waals surface area contributed by atoms with Gasteiger partial charge >= 0.3 is 5.97 Å². The van der Waals surface area contributed by atoms with E-state index in [4.69, 9.17) is 5.11 Å². The van der Waals surface area contributed by atoms with Crippen LogP contribution in [0.5, 0.6) is 0 Å². The Bertz CT molecular complexity index is 652. The van der Waals surface area contributed by atoms with Crippen molar-refractivity contribution in [1.29, 1.82) is 0 Å². The highest BCUT2D eigenvalue weighted by molar-refractivity contribution is 5.86. The molecule has 2 aliphatic rings. The lowest BCUT2D eigenvalue weighted by Crippen LogP contribution is -2.15. The van der Waals surface area contributed by atoms with E-state index in [0.717, 1.165) is 0 Å². The van der Waals surface area contributed by atoms with Gasteiger partial charge in [-0.25, -0.2) is 4.79 Å². The standard InChI is InChI=1S/C17H14O2/c1-11(17(18)19)9-15-13-7-8-14(16(15)10-13)12-5-3-2-4-6-12/h2-8,10,15H,1,9H2,(H,18,19). The molecule has 0 saturated heterocycles. The fourth-order valence-corrected chi connectivity index (χ4v) is 2.61. The van der Waals surface area contributed by atoms with Gasteiger partial charge in [-0.05, 0) is 28.7 Å². The number of fused-ring (bicyclic) bond motifs is 2. The van der Waals surface area contributed by atoms with Gasteiger partial charge < -0.3 is 5.11 Å². The van der Waals surface area contributed by atoms with Gasteiger partial charge in [0.2, 0.25) is 0 Å². The van der Waals surface area contributed by atoms with E-state index >= 15 is 0 Å². The van der Waals surface area contributed by atoms with Crippen LogP contribution in [0.4, 0.5) is 0 Å². The summed E-state index contributed by atoms with van der Waals surface area (Å²) in [5.41, 5.74) is 5.08. The van der Waals surface area contributed by atoms with Crippen molar-refractivity contribution in [1.82, 2.24) is 0 Å². The van der Waals surface area contributed by atoms with Crippen molar-refractivity contribution in [3.8, 4) is 11.1 Å². The fourth-order valence-electron chi connectivity index (χ4n) is 2.61. The van der Waals surface area contributed by atoms with Gasteiger partial charge in [-0.2, -0.15) is 0 Å². The summed E-state index contributed by atoms with van der Waals surface area (Å²) < 4.78 is 0. The zero-order valence-corrected chi connectivity index (χ0v) is 10.5. The highest BCUT2D eigenvalue weighted by Crippen LogP contribution is 2.45. The van der Waals surface area contributed by atoms with Crippen molar-refractivity contribution in [2.45, 2.75) is 12.3 Å². The van der Waals surface area contributed by atoms with Crippen molar-refractivity contribution < 1.29 is 9.90 Å². The predicted molar refractivity (Wildman–Crippen MR) is 75.1 cm³/mol. The third-order valence-corrected chi connectivity index (χ3v) is 3.69. The molecular weight excluding hydrogens is 236 g/mol. The number of hydrogen-bond donors (Lipinski definition) is 1. The minimum atomic E-state index is -0.906. The number of carboxylic acid groups (broad SMARTS) is 1. The van der Waals surface area contributed by atoms with Gasteiger partial charge in [0.1, 0.15) is 0 Å². The lowest BCUT2D eigenvalue weighted by molar-refractivity contribution is -0.132. The molecule has 0 spiro atoms. The first kappa shape index (κ1) is 11.7. The van der Waals surface area contributed by atoms with E-state index in [2.05, 4.69) is 36.9 Å². The Morgan fingerprint density at radius 3 is 2.53 bits per heavy atom. The predicted octanol–water partition coefficient (Wildman–Crippen LogP) is 3.83. The average Bonchev–Trinajstić information content (AvgIpc) is 2.45. The number of carbonyl (C=O) groups is 1. The third kappa shape index (κ3) is 1.95. The smallest absolute Gasteiger partial charge is 0.330 e. The summed E-state index contributed by atoms with van der Waals surface area (Å²) in [5, 5.41) is 8.94. The van der Waals surface area contributed by atoms with E-state index in [9.17, 15) is 4.79 Å². The van der Waals surface area contributed by atoms with E-state index in [1.54, 1.807) is 0 Å². The van der Waals surface area contributed by atoms with E-state index in [1.165, 1.54) is 22.3 Å². The van der Waals surface area contributed by atoms with Gasteiger partial charge in [0.05, 0.1) is 0 Å². The summed E-state index contributed by atoms with van der Waals surface area (Å²) in [6, 6.07) is 16.5. The van der Waals surface area contributed by atoms with Gasteiger partial charge in [-0.1, -0.05) is 55.1 Å². The Morgan fingerprint density at radius 1 is 1.16 bits per heavy atom. The molecule has 0 heterocycles. The van der Waals surface area contributed by atoms with Crippen LogP contribution in [0.25, 0.3) is 11.1 Å². The molecule has 2 aliphatic carbocycles. The van der Waals surface area contributed by atoms with Gasteiger partial charge in [0, 0.05) is 11.5 Å². The molecule has 4 rings (SSSR count). The van der Waals surface area contributed by atoms with Crippen LogP contribution in [-0.2, 0) is 4.79 Å². The quantitative estimate of drug-likeness (QED) is 0.837. The molecule has 2 heteroatoms. The number of benzene rings is 2. The molecular formula is C17H14O2. The Labute approximate surface area is 112 Å². The lowest BCUT2D eigenvalue weighted by Gasteiger charge is -2.30. The molecule has 1 N–H and O–H groups in total. The third-order valence-electron chi connectivity index (χ3n) is 3.69. The second-order valence-electron chi connectivity index (χ2n) is 4.88. The summed E-state index contributed by atoms with van der Waals surface area (Å²) >= 11 is 0. The molecule has 1 unspecified atom stereocenters. The first-order valence-electron chi connectivity index (χ1n) is 6.27.